The highest BCUT2D eigenvalue weighted by Gasteiger charge is 2.34. The molecule has 2 aromatic heterocycles. The summed E-state index contributed by atoms with van der Waals surface area (Å²) < 4.78 is 0. The molecule has 2 N–H and O–H groups in total. The van der Waals surface area contributed by atoms with Gasteiger partial charge in [-0.2, -0.15) is 0 Å². The summed E-state index contributed by atoms with van der Waals surface area (Å²) in [6.07, 6.45) is 4.55. The number of anilines is 1. The van der Waals surface area contributed by atoms with E-state index in [1.165, 1.54) is 36.9 Å². The molecule has 3 aliphatic heterocycles. The Morgan fingerprint density at radius 3 is 2.72 bits per heavy atom. The molecule has 4 aromatic rings. The molecule has 5 heterocycles. The van der Waals surface area contributed by atoms with Crippen molar-refractivity contribution in [3.63, 3.8) is 0 Å². The van der Waals surface area contributed by atoms with Crippen LogP contribution in [0.1, 0.15) is 18.4 Å². The normalized spacial score (nSPS) is 23.7. The number of H-pyrrole nitrogens is 1. The van der Waals surface area contributed by atoms with Gasteiger partial charge in [0.1, 0.15) is 5.82 Å². The van der Waals surface area contributed by atoms with E-state index in [9.17, 15) is 0 Å². The summed E-state index contributed by atoms with van der Waals surface area (Å²) in [6.45, 7) is 5.76. The average molecular weight is 383 g/mol. The molecular formula is C24H25N5. The van der Waals surface area contributed by atoms with Crippen molar-refractivity contribution in [1.29, 1.82) is 0 Å². The molecule has 0 aliphatic carbocycles. The third-order valence-electron chi connectivity index (χ3n) is 6.65. The van der Waals surface area contributed by atoms with Crippen molar-refractivity contribution in [3.8, 4) is 11.4 Å². The number of nitrogens with one attached hydrogen (secondary N) is 2. The van der Waals surface area contributed by atoms with Crippen LogP contribution in [0.25, 0.3) is 33.3 Å². The standard InChI is InChI=1S/C24H25N5/c1-15-6-7-19-17(12-15)23(26-22-14-29-10-8-16(22)9-11-29)18(13-25-19)24-27-20-4-2-3-5-21(20)28-24/h2-7,12-13,16,22H,8-11,14H2,1H3,(H,25,26)(H,27,28)/t22-/m0/s1. The molecule has 0 amide bonds. The molecule has 2 aromatic carbocycles. The van der Waals surface area contributed by atoms with Gasteiger partial charge in [0, 0.05) is 24.2 Å². The fourth-order valence-electron chi connectivity index (χ4n) is 5.04. The van der Waals surface area contributed by atoms with Gasteiger partial charge in [-0.1, -0.05) is 23.8 Å². The summed E-state index contributed by atoms with van der Waals surface area (Å²) in [4.78, 5) is 15.7. The Hall–Kier alpha value is -2.92. The predicted molar refractivity (Wildman–Crippen MR) is 118 cm³/mol. The molecular weight excluding hydrogens is 358 g/mol. The summed E-state index contributed by atoms with van der Waals surface area (Å²) in [6, 6.07) is 15.2. The van der Waals surface area contributed by atoms with Crippen LogP contribution in [-0.4, -0.2) is 45.5 Å². The second-order valence-electron chi connectivity index (χ2n) is 8.56. The molecule has 7 rings (SSSR count). The number of aromatic nitrogens is 3. The Labute approximate surface area is 170 Å². The Morgan fingerprint density at radius 1 is 1.07 bits per heavy atom. The summed E-state index contributed by atoms with van der Waals surface area (Å²) in [7, 11) is 0. The molecule has 3 aliphatic rings. The Bertz CT molecular complexity index is 1170. The minimum atomic E-state index is 0.478. The first-order valence-electron chi connectivity index (χ1n) is 10.6. The lowest BCUT2D eigenvalue weighted by Crippen LogP contribution is -2.53. The van der Waals surface area contributed by atoms with Gasteiger partial charge in [0.15, 0.2) is 0 Å². The SMILES string of the molecule is Cc1ccc2ncc(-c3nc4ccccc4[nH]3)c(N[C@H]3CN4CCC3CC4)c2c1. The van der Waals surface area contributed by atoms with E-state index in [1.54, 1.807) is 0 Å². The van der Waals surface area contributed by atoms with E-state index in [-0.39, 0.29) is 0 Å². The van der Waals surface area contributed by atoms with E-state index < -0.39 is 0 Å². The van der Waals surface area contributed by atoms with Crippen LogP contribution in [0.4, 0.5) is 5.69 Å². The van der Waals surface area contributed by atoms with Crippen molar-refractivity contribution in [2.75, 3.05) is 25.0 Å². The van der Waals surface area contributed by atoms with Crippen LogP contribution >= 0.6 is 0 Å². The van der Waals surface area contributed by atoms with Crippen LogP contribution in [0.5, 0.6) is 0 Å². The lowest BCUT2D eigenvalue weighted by molar-refractivity contribution is 0.0976. The fraction of sp³-hybridized carbons (Fsp3) is 0.333. The molecule has 0 unspecified atom stereocenters. The minimum absolute atomic E-state index is 0.478. The van der Waals surface area contributed by atoms with Crippen LogP contribution in [0.2, 0.25) is 0 Å². The number of rotatable bonds is 3. The molecule has 29 heavy (non-hydrogen) atoms. The van der Waals surface area contributed by atoms with Crippen molar-refractivity contribution >= 4 is 27.6 Å². The van der Waals surface area contributed by atoms with Gasteiger partial charge >= 0.3 is 0 Å². The average Bonchev–Trinajstić information content (AvgIpc) is 3.19. The van der Waals surface area contributed by atoms with Crippen molar-refractivity contribution in [2.45, 2.75) is 25.8 Å². The summed E-state index contributed by atoms with van der Waals surface area (Å²) in [5.74, 6) is 1.63. The topological polar surface area (TPSA) is 56.8 Å². The Morgan fingerprint density at radius 2 is 1.93 bits per heavy atom. The van der Waals surface area contributed by atoms with Gasteiger partial charge in [0.25, 0.3) is 0 Å². The van der Waals surface area contributed by atoms with Gasteiger partial charge in [0.2, 0.25) is 0 Å². The monoisotopic (exact) mass is 383 g/mol. The Balaban J connectivity index is 1.51. The summed E-state index contributed by atoms with van der Waals surface area (Å²) in [5, 5.41) is 5.13. The molecule has 3 fully saturated rings. The second kappa shape index (κ2) is 6.56. The zero-order valence-corrected chi connectivity index (χ0v) is 16.7. The first-order valence-corrected chi connectivity index (χ1v) is 10.6. The van der Waals surface area contributed by atoms with E-state index in [4.69, 9.17) is 9.97 Å². The molecule has 3 saturated heterocycles. The first-order chi connectivity index (χ1) is 14.2. The fourth-order valence-corrected chi connectivity index (χ4v) is 5.04. The van der Waals surface area contributed by atoms with Crippen molar-refractivity contribution in [1.82, 2.24) is 19.9 Å². The van der Waals surface area contributed by atoms with Gasteiger partial charge < -0.3 is 15.2 Å². The van der Waals surface area contributed by atoms with E-state index in [0.29, 0.717) is 6.04 Å². The highest BCUT2D eigenvalue weighted by molar-refractivity contribution is 5.99. The lowest BCUT2D eigenvalue weighted by atomic mass is 9.83. The Kier molecular flexibility index (Phi) is 3.84. The minimum Gasteiger partial charge on any atom is -0.380 e. The molecule has 0 spiro atoms. The summed E-state index contributed by atoms with van der Waals surface area (Å²) in [5.41, 5.74) is 6.53. The van der Waals surface area contributed by atoms with Gasteiger partial charge in [-0.3, -0.25) is 4.98 Å². The number of piperidine rings is 3. The van der Waals surface area contributed by atoms with Gasteiger partial charge in [-0.25, -0.2) is 4.98 Å². The molecule has 5 nitrogen and oxygen atoms in total. The highest BCUT2D eigenvalue weighted by Crippen LogP contribution is 2.37. The third kappa shape index (κ3) is 2.88. The maximum atomic E-state index is 4.87. The molecule has 0 radical (unpaired) electrons. The third-order valence-corrected chi connectivity index (χ3v) is 6.65. The largest absolute Gasteiger partial charge is 0.380 e. The number of para-hydroxylation sites is 2. The van der Waals surface area contributed by atoms with Gasteiger partial charge in [-0.05, 0) is 63.0 Å². The quantitative estimate of drug-likeness (QED) is 0.543. The number of hydrogen-bond acceptors (Lipinski definition) is 4. The summed E-state index contributed by atoms with van der Waals surface area (Å²) >= 11 is 0. The number of fused-ring (bicyclic) bond motifs is 5. The van der Waals surface area contributed by atoms with E-state index in [1.807, 2.05) is 18.3 Å². The van der Waals surface area contributed by atoms with Crippen LogP contribution in [-0.2, 0) is 0 Å². The molecule has 0 saturated carbocycles. The van der Waals surface area contributed by atoms with Gasteiger partial charge in [-0.15, -0.1) is 0 Å². The van der Waals surface area contributed by atoms with Crippen molar-refractivity contribution < 1.29 is 0 Å². The highest BCUT2D eigenvalue weighted by atomic mass is 15.2. The molecule has 146 valence electrons. The van der Waals surface area contributed by atoms with Crippen LogP contribution < -0.4 is 5.32 Å². The van der Waals surface area contributed by atoms with Gasteiger partial charge in [0.05, 0.1) is 27.8 Å². The molecule has 1 atom stereocenters. The maximum absolute atomic E-state index is 4.87. The number of nitrogens with zero attached hydrogens (tertiary/aromatic N) is 3. The number of pyridine rings is 1. The zero-order chi connectivity index (χ0) is 19.4. The zero-order valence-electron chi connectivity index (χ0n) is 16.7. The van der Waals surface area contributed by atoms with Crippen molar-refractivity contribution in [3.05, 3.63) is 54.2 Å². The number of aryl methyl sites for hydroxylation is 1. The smallest absolute Gasteiger partial charge is 0.142 e. The van der Waals surface area contributed by atoms with Crippen molar-refractivity contribution in [2.24, 2.45) is 5.92 Å². The van der Waals surface area contributed by atoms with Crippen LogP contribution in [0, 0.1) is 12.8 Å². The van der Waals surface area contributed by atoms with E-state index >= 15 is 0 Å². The molecule has 5 heteroatoms. The maximum Gasteiger partial charge on any atom is 0.142 e. The lowest BCUT2D eigenvalue weighted by Gasteiger charge is -2.45. The first kappa shape index (κ1) is 17.0. The number of hydrogen-bond donors (Lipinski definition) is 2. The number of benzene rings is 2. The number of aromatic amines is 1. The predicted octanol–water partition coefficient (Wildman–Crippen LogP) is 4.59. The van der Waals surface area contributed by atoms with E-state index in [2.05, 4.69) is 52.5 Å². The second-order valence-corrected chi connectivity index (χ2v) is 8.56. The molecule has 2 bridgehead atoms. The van der Waals surface area contributed by atoms with Crippen LogP contribution in [0.3, 0.4) is 0 Å². The number of imidazole rings is 1. The van der Waals surface area contributed by atoms with E-state index in [0.717, 1.165) is 46.1 Å². The van der Waals surface area contributed by atoms with Crippen LogP contribution in [0.15, 0.2) is 48.7 Å².